The third-order valence-electron chi connectivity index (χ3n) is 2.99. The number of phenols is 1. The summed E-state index contributed by atoms with van der Waals surface area (Å²) in [6.07, 6.45) is 3.07. The van der Waals surface area contributed by atoms with Crippen LogP contribution in [0.2, 0.25) is 0 Å². The molecule has 17 heavy (non-hydrogen) atoms. The van der Waals surface area contributed by atoms with Gasteiger partial charge in [0.25, 0.3) is 0 Å². The van der Waals surface area contributed by atoms with Crippen molar-refractivity contribution >= 4 is 0 Å². The van der Waals surface area contributed by atoms with Gasteiger partial charge in [0, 0.05) is 0 Å². The van der Waals surface area contributed by atoms with Crippen molar-refractivity contribution in [2.45, 2.75) is 26.2 Å². The third kappa shape index (κ3) is 3.35. The number of rotatable bonds is 4. The molecule has 0 radical (unpaired) electrons. The molecule has 1 N–H and O–H groups in total. The number of hydrogen-bond acceptors (Lipinski definition) is 1. The highest BCUT2D eigenvalue weighted by atomic mass is 16.3. The summed E-state index contributed by atoms with van der Waals surface area (Å²) in [5.74, 6) is 0.420. The molecule has 0 fully saturated rings. The zero-order chi connectivity index (χ0) is 12.1. The van der Waals surface area contributed by atoms with Crippen molar-refractivity contribution in [3.63, 3.8) is 0 Å². The van der Waals surface area contributed by atoms with Crippen LogP contribution < -0.4 is 0 Å². The third-order valence-corrected chi connectivity index (χ3v) is 2.99. The lowest BCUT2D eigenvalue weighted by molar-refractivity contribution is 0.467. The first-order chi connectivity index (χ1) is 8.25. The molecule has 0 saturated heterocycles. The molecule has 0 atom stereocenters. The lowest BCUT2D eigenvalue weighted by Crippen LogP contribution is -1.91. The van der Waals surface area contributed by atoms with Crippen molar-refractivity contribution in [2.75, 3.05) is 0 Å². The normalized spacial score (nSPS) is 10.4. The summed E-state index contributed by atoms with van der Waals surface area (Å²) in [7, 11) is 0. The van der Waals surface area contributed by atoms with Crippen LogP contribution in [0.25, 0.3) is 0 Å². The summed E-state index contributed by atoms with van der Waals surface area (Å²) in [5.41, 5.74) is 3.62. The van der Waals surface area contributed by atoms with Crippen LogP contribution in [0.3, 0.4) is 0 Å². The van der Waals surface area contributed by atoms with Gasteiger partial charge in [-0.15, -0.1) is 0 Å². The Labute approximate surface area is 103 Å². The van der Waals surface area contributed by atoms with Crippen LogP contribution in [0.5, 0.6) is 5.75 Å². The lowest BCUT2D eigenvalue weighted by Gasteiger charge is -2.06. The number of phenolic OH excluding ortho intramolecular Hbond substituents is 1. The Hall–Kier alpha value is -1.76. The predicted octanol–water partition coefficient (Wildman–Crippen LogP) is 3.88. The number of hydrogen-bond donors (Lipinski definition) is 1. The fraction of sp³-hybridized carbons (Fsp3) is 0.250. The smallest absolute Gasteiger partial charge is 0.118 e. The Morgan fingerprint density at radius 3 is 2.47 bits per heavy atom. The van der Waals surface area contributed by atoms with E-state index in [0.717, 1.165) is 24.8 Å². The van der Waals surface area contributed by atoms with Gasteiger partial charge in [0.15, 0.2) is 0 Å². The van der Waals surface area contributed by atoms with E-state index in [1.165, 1.54) is 11.1 Å². The zero-order valence-corrected chi connectivity index (χ0v) is 10.2. The van der Waals surface area contributed by atoms with E-state index in [1.807, 2.05) is 12.1 Å². The second-order valence-corrected chi connectivity index (χ2v) is 4.47. The summed E-state index contributed by atoms with van der Waals surface area (Å²) in [6, 6.07) is 16.3. The minimum Gasteiger partial charge on any atom is -0.508 e. The Morgan fingerprint density at radius 2 is 1.71 bits per heavy atom. The summed E-state index contributed by atoms with van der Waals surface area (Å²) in [6.45, 7) is 2.06. The predicted molar refractivity (Wildman–Crippen MR) is 71.3 cm³/mol. The van der Waals surface area contributed by atoms with Crippen LogP contribution in [-0.4, -0.2) is 5.11 Å². The molecular formula is C16H18O. The van der Waals surface area contributed by atoms with Gasteiger partial charge < -0.3 is 5.11 Å². The summed E-state index contributed by atoms with van der Waals surface area (Å²) < 4.78 is 0. The highest BCUT2D eigenvalue weighted by molar-refractivity contribution is 5.35. The average Bonchev–Trinajstić information content (AvgIpc) is 2.35. The maximum atomic E-state index is 9.73. The molecular weight excluding hydrogens is 208 g/mol. The molecule has 0 bridgehead atoms. The Kier molecular flexibility index (Phi) is 3.81. The van der Waals surface area contributed by atoms with Crippen molar-refractivity contribution in [3.8, 4) is 5.75 Å². The van der Waals surface area contributed by atoms with E-state index in [4.69, 9.17) is 0 Å². The molecule has 88 valence electrons. The molecule has 0 aliphatic rings. The van der Waals surface area contributed by atoms with E-state index in [9.17, 15) is 5.11 Å². The Morgan fingerprint density at radius 1 is 0.941 bits per heavy atom. The Bertz CT molecular complexity index is 474. The van der Waals surface area contributed by atoms with E-state index in [-0.39, 0.29) is 0 Å². The van der Waals surface area contributed by atoms with Crippen molar-refractivity contribution in [2.24, 2.45) is 0 Å². The van der Waals surface area contributed by atoms with Crippen LogP contribution in [0.1, 0.15) is 23.1 Å². The van der Waals surface area contributed by atoms with E-state index < -0.39 is 0 Å². The van der Waals surface area contributed by atoms with Gasteiger partial charge in [-0.25, -0.2) is 0 Å². The topological polar surface area (TPSA) is 20.2 Å². The van der Waals surface area contributed by atoms with Gasteiger partial charge in [-0.3, -0.25) is 0 Å². The standard InChI is InChI=1S/C16H18O/c1-13-10-11-16(17)15(12-13)9-5-8-14-6-3-2-4-7-14/h2-4,6-7,10-12,17H,5,8-9H2,1H3. The molecule has 0 unspecified atom stereocenters. The first-order valence-corrected chi connectivity index (χ1v) is 6.08. The number of aryl methyl sites for hydroxylation is 3. The average molecular weight is 226 g/mol. The molecule has 0 heterocycles. The largest absolute Gasteiger partial charge is 0.508 e. The molecule has 2 aromatic rings. The zero-order valence-electron chi connectivity index (χ0n) is 10.2. The van der Waals surface area contributed by atoms with Crippen molar-refractivity contribution < 1.29 is 5.11 Å². The second kappa shape index (κ2) is 5.53. The van der Waals surface area contributed by atoms with Gasteiger partial charge in [-0.2, -0.15) is 0 Å². The summed E-state index contributed by atoms with van der Waals surface area (Å²) in [4.78, 5) is 0. The van der Waals surface area contributed by atoms with Gasteiger partial charge in [0.05, 0.1) is 0 Å². The minimum atomic E-state index is 0.420. The molecule has 0 aromatic heterocycles. The molecule has 0 aliphatic carbocycles. The van der Waals surface area contributed by atoms with Crippen LogP contribution in [0.4, 0.5) is 0 Å². The molecule has 2 aromatic carbocycles. The van der Waals surface area contributed by atoms with Gasteiger partial charge in [-0.1, -0.05) is 48.0 Å². The molecule has 0 spiro atoms. The first kappa shape index (κ1) is 11.7. The Balaban J connectivity index is 1.92. The maximum Gasteiger partial charge on any atom is 0.118 e. The van der Waals surface area contributed by atoms with Crippen LogP contribution in [0.15, 0.2) is 48.5 Å². The van der Waals surface area contributed by atoms with Gasteiger partial charge in [0.1, 0.15) is 5.75 Å². The molecule has 0 amide bonds. The van der Waals surface area contributed by atoms with E-state index in [1.54, 1.807) is 6.07 Å². The van der Waals surface area contributed by atoms with Gasteiger partial charge in [0.2, 0.25) is 0 Å². The van der Waals surface area contributed by atoms with Gasteiger partial charge in [-0.05, 0) is 43.4 Å². The fourth-order valence-corrected chi connectivity index (χ4v) is 2.04. The summed E-state index contributed by atoms with van der Waals surface area (Å²) >= 11 is 0. The molecule has 1 heteroatoms. The summed E-state index contributed by atoms with van der Waals surface area (Å²) in [5, 5.41) is 9.73. The monoisotopic (exact) mass is 226 g/mol. The van der Waals surface area contributed by atoms with Crippen molar-refractivity contribution in [1.82, 2.24) is 0 Å². The van der Waals surface area contributed by atoms with E-state index in [0.29, 0.717) is 5.75 Å². The minimum absolute atomic E-state index is 0.420. The quantitative estimate of drug-likeness (QED) is 0.839. The maximum absolute atomic E-state index is 9.73. The number of aromatic hydroxyl groups is 1. The molecule has 1 nitrogen and oxygen atoms in total. The number of benzene rings is 2. The van der Waals surface area contributed by atoms with Crippen molar-refractivity contribution in [1.29, 1.82) is 0 Å². The van der Waals surface area contributed by atoms with Crippen molar-refractivity contribution in [3.05, 3.63) is 65.2 Å². The van der Waals surface area contributed by atoms with Crippen LogP contribution in [0, 0.1) is 6.92 Å². The lowest BCUT2D eigenvalue weighted by atomic mass is 10.0. The molecule has 0 aliphatic heterocycles. The van der Waals surface area contributed by atoms with Crippen LogP contribution in [-0.2, 0) is 12.8 Å². The van der Waals surface area contributed by atoms with E-state index in [2.05, 4.69) is 37.3 Å². The second-order valence-electron chi connectivity index (χ2n) is 4.47. The van der Waals surface area contributed by atoms with Crippen LogP contribution >= 0.6 is 0 Å². The SMILES string of the molecule is Cc1ccc(O)c(CCCc2ccccc2)c1. The molecule has 0 saturated carbocycles. The highest BCUT2D eigenvalue weighted by Crippen LogP contribution is 2.20. The first-order valence-electron chi connectivity index (χ1n) is 6.08. The van der Waals surface area contributed by atoms with Gasteiger partial charge >= 0.3 is 0 Å². The highest BCUT2D eigenvalue weighted by Gasteiger charge is 2.01. The van der Waals surface area contributed by atoms with E-state index >= 15 is 0 Å². The fourth-order valence-electron chi connectivity index (χ4n) is 2.04. The molecule has 2 rings (SSSR count).